The van der Waals surface area contributed by atoms with Gasteiger partial charge in [-0.1, -0.05) is 18.2 Å². The molecule has 0 aliphatic rings. The van der Waals surface area contributed by atoms with Crippen molar-refractivity contribution in [2.45, 2.75) is 0 Å². The van der Waals surface area contributed by atoms with Crippen molar-refractivity contribution in [1.82, 2.24) is 19.2 Å². The molecule has 0 aliphatic heterocycles. The average Bonchev–Trinajstić information content (AvgIpc) is 3.09. The van der Waals surface area contributed by atoms with Crippen molar-refractivity contribution < 1.29 is 4.74 Å². The number of aromatic nitrogens is 4. The lowest BCUT2D eigenvalue weighted by atomic mass is 10.1. The number of nitrogens with zero attached hydrogens (tertiary/aromatic N) is 4. The Kier molecular flexibility index (Phi) is 3.35. The van der Waals surface area contributed by atoms with Gasteiger partial charge in [-0.15, -0.1) is 0 Å². The zero-order valence-corrected chi connectivity index (χ0v) is 13.0. The molecule has 24 heavy (non-hydrogen) atoms. The summed E-state index contributed by atoms with van der Waals surface area (Å²) in [6, 6.07) is 14.6. The van der Waals surface area contributed by atoms with Crippen LogP contribution in [-0.2, 0) is 0 Å². The van der Waals surface area contributed by atoms with Crippen LogP contribution in [0.4, 0.5) is 0 Å². The molecule has 0 unspecified atom stereocenters. The van der Waals surface area contributed by atoms with Crippen molar-refractivity contribution in [3.8, 4) is 22.7 Å². The van der Waals surface area contributed by atoms with E-state index in [1.165, 1.54) is 4.57 Å². The molecule has 3 heterocycles. The molecular formula is C18H14N4O2. The minimum Gasteiger partial charge on any atom is -0.496 e. The van der Waals surface area contributed by atoms with Crippen LogP contribution in [0, 0.1) is 0 Å². The van der Waals surface area contributed by atoms with E-state index >= 15 is 0 Å². The predicted octanol–water partition coefficient (Wildman–Crippen LogP) is 2.56. The number of hydrogen-bond donors (Lipinski definition) is 0. The first-order valence-electron chi connectivity index (χ1n) is 7.44. The Morgan fingerprint density at radius 2 is 1.79 bits per heavy atom. The zero-order chi connectivity index (χ0) is 16.5. The number of ether oxygens (including phenoxy) is 1. The highest BCUT2D eigenvalue weighted by Gasteiger charge is 2.12. The molecule has 1 aromatic carbocycles. The van der Waals surface area contributed by atoms with Gasteiger partial charge in [0.05, 0.1) is 18.9 Å². The Morgan fingerprint density at radius 3 is 2.67 bits per heavy atom. The van der Waals surface area contributed by atoms with Gasteiger partial charge in [0, 0.05) is 24.0 Å². The van der Waals surface area contributed by atoms with Crippen LogP contribution in [0.2, 0.25) is 0 Å². The van der Waals surface area contributed by atoms with Crippen LogP contribution in [0.5, 0.6) is 5.75 Å². The van der Waals surface area contributed by atoms with E-state index in [1.807, 2.05) is 30.3 Å². The third-order valence-electron chi connectivity index (χ3n) is 3.83. The topological polar surface area (TPSA) is 61.4 Å². The van der Waals surface area contributed by atoms with Crippen LogP contribution < -0.4 is 10.3 Å². The summed E-state index contributed by atoms with van der Waals surface area (Å²) in [5, 5.41) is 4.11. The minimum atomic E-state index is -0.154. The van der Waals surface area contributed by atoms with Crippen LogP contribution in [0.25, 0.3) is 22.6 Å². The molecule has 0 bridgehead atoms. The van der Waals surface area contributed by atoms with E-state index in [2.05, 4.69) is 10.1 Å². The third kappa shape index (κ3) is 2.25. The number of methoxy groups -OCH3 is 1. The first-order valence-corrected chi connectivity index (χ1v) is 7.44. The summed E-state index contributed by atoms with van der Waals surface area (Å²) in [4.78, 5) is 17.4. The molecule has 0 N–H and O–H groups in total. The van der Waals surface area contributed by atoms with Gasteiger partial charge in [0.25, 0.3) is 5.56 Å². The monoisotopic (exact) mass is 318 g/mol. The molecule has 0 saturated carbocycles. The fraction of sp³-hybridized carbons (Fsp3) is 0.0556. The molecule has 0 spiro atoms. The van der Waals surface area contributed by atoms with E-state index in [0.717, 1.165) is 5.56 Å². The summed E-state index contributed by atoms with van der Waals surface area (Å²) in [6.45, 7) is 0. The Labute approximate surface area is 137 Å². The van der Waals surface area contributed by atoms with Gasteiger partial charge < -0.3 is 4.74 Å². The molecule has 0 atom stereocenters. The van der Waals surface area contributed by atoms with Gasteiger partial charge in [-0.2, -0.15) is 5.10 Å². The van der Waals surface area contributed by atoms with Crippen molar-refractivity contribution in [3.05, 3.63) is 77.5 Å². The second-order valence-corrected chi connectivity index (χ2v) is 5.22. The molecular weight excluding hydrogens is 304 g/mol. The van der Waals surface area contributed by atoms with Crippen LogP contribution in [0.3, 0.4) is 0 Å². The quantitative estimate of drug-likeness (QED) is 0.582. The van der Waals surface area contributed by atoms with Crippen LogP contribution in [0.1, 0.15) is 0 Å². The van der Waals surface area contributed by atoms with Gasteiger partial charge in [0.15, 0.2) is 5.65 Å². The number of para-hydroxylation sites is 1. The second-order valence-electron chi connectivity index (χ2n) is 5.22. The van der Waals surface area contributed by atoms with Gasteiger partial charge in [-0.25, -0.2) is 9.50 Å². The lowest BCUT2D eigenvalue weighted by Gasteiger charge is -2.10. The van der Waals surface area contributed by atoms with Crippen molar-refractivity contribution in [2.24, 2.45) is 0 Å². The Balaban J connectivity index is 1.91. The second kappa shape index (κ2) is 5.66. The maximum absolute atomic E-state index is 13.0. The largest absolute Gasteiger partial charge is 0.496 e. The Morgan fingerprint density at radius 1 is 0.958 bits per heavy atom. The molecule has 4 aromatic rings. The van der Waals surface area contributed by atoms with Gasteiger partial charge in [0.2, 0.25) is 0 Å². The normalized spacial score (nSPS) is 10.9. The highest BCUT2D eigenvalue weighted by atomic mass is 16.5. The molecule has 0 radical (unpaired) electrons. The fourth-order valence-corrected chi connectivity index (χ4v) is 2.68. The fourth-order valence-electron chi connectivity index (χ4n) is 2.68. The van der Waals surface area contributed by atoms with Crippen molar-refractivity contribution >= 4 is 5.65 Å². The van der Waals surface area contributed by atoms with E-state index in [-0.39, 0.29) is 5.56 Å². The van der Waals surface area contributed by atoms with E-state index in [4.69, 9.17) is 4.74 Å². The van der Waals surface area contributed by atoms with Crippen LogP contribution in [0.15, 0.2) is 71.9 Å². The van der Waals surface area contributed by atoms with Gasteiger partial charge >= 0.3 is 0 Å². The van der Waals surface area contributed by atoms with Crippen molar-refractivity contribution in [2.75, 3.05) is 7.11 Å². The van der Waals surface area contributed by atoms with Crippen LogP contribution >= 0.6 is 0 Å². The molecule has 6 heteroatoms. The predicted molar refractivity (Wildman–Crippen MR) is 90.6 cm³/mol. The number of hydrogen-bond acceptors (Lipinski definition) is 4. The van der Waals surface area contributed by atoms with E-state index in [0.29, 0.717) is 22.8 Å². The number of pyridine rings is 1. The van der Waals surface area contributed by atoms with Gasteiger partial charge in [0.1, 0.15) is 11.6 Å². The van der Waals surface area contributed by atoms with Gasteiger partial charge in [-0.05, 0) is 24.3 Å². The summed E-state index contributed by atoms with van der Waals surface area (Å²) in [5.74, 6) is 1.20. The first-order chi connectivity index (χ1) is 11.8. The molecule has 3 aromatic heterocycles. The Hall–Kier alpha value is -3.41. The van der Waals surface area contributed by atoms with E-state index in [9.17, 15) is 4.79 Å². The Bertz CT molecular complexity index is 1080. The third-order valence-corrected chi connectivity index (χ3v) is 3.83. The van der Waals surface area contributed by atoms with Crippen LogP contribution in [-0.4, -0.2) is 26.3 Å². The van der Waals surface area contributed by atoms with Crippen molar-refractivity contribution in [3.63, 3.8) is 0 Å². The summed E-state index contributed by atoms with van der Waals surface area (Å²) >= 11 is 0. The molecule has 0 aliphatic carbocycles. The van der Waals surface area contributed by atoms with E-state index in [1.54, 1.807) is 48.4 Å². The molecule has 0 saturated heterocycles. The smallest absolute Gasteiger partial charge is 0.264 e. The lowest BCUT2D eigenvalue weighted by Crippen LogP contribution is -2.20. The summed E-state index contributed by atoms with van der Waals surface area (Å²) in [5.41, 5.74) is 1.84. The molecule has 4 rings (SSSR count). The van der Waals surface area contributed by atoms with Crippen molar-refractivity contribution in [1.29, 1.82) is 0 Å². The summed E-state index contributed by atoms with van der Waals surface area (Å²) in [7, 11) is 1.59. The number of rotatable bonds is 3. The first kappa shape index (κ1) is 14.2. The van der Waals surface area contributed by atoms with E-state index < -0.39 is 0 Å². The van der Waals surface area contributed by atoms with Gasteiger partial charge in [-0.3, -0.25) is 9.36 Å². The molecule has 118 valence electrons. The lowest BCUT2D eigenvalue weighted by molar-refractivity contribution is 0.416. The standard InChI is InChI=1S/C18H14N4O2/c1-24-15-7-3-2-5-13(15)14-6-4-11-21(18(14)23)16-9-12-22-17(20-16)8-10-19-22/h2-12H,1H3. The average molecular weight is 318 g/mol. The highest BCUT2D eigenvalue weighted by Crippen LogP contribution is 2.27. The highest BCUT2D eigenvalue weighted by molar-refractivity contribution is 5.69. The zero-order valence-electron chi connectivity index (χ0n) is 13.0. The molecule has 0 fully saturated rings. The molecule has 6 nitrogen and oxygen atoms in total. The summed E-state index contributed by atoms with van der Waals surface area (Å²) in [6.07, 6.45) is 5.15. The summed E-state index contributed by atoms with van der Waals surface area (Å²) < 4.78 is 8.55. The molecule has 0 amide bonds. The maximum Gasteiger partial charge on any atom is 0.264 e. The number of benzene rings is 1. The maximum atomic E-state index is 13.0. The SMILES string of the molecule is COc1ccccc1-c1cccn(-c2ccn3nccc3n2)c1=O. The minimum absolute atomic E-state index is 0.154. The number of fused-ring (bicyclic) bond motifs is 1.